The summed E-state index contributed by atoms with van der Waals surface area (Å²) in [5.74, 6) is -0.221. The minimum Gasteiger partial charge on any atom is -0.453 e. The van der Waals surface area contributed by atoms with Crippen LogP contribution in [0.1, 0.15) is 23.0 Å². The smallest absolute Gasteiger partial charge is 0.166 e. The normalized spacial score (nSPS) is 10.2. The van der Waals surface area contributed by atoms with Gasteiger partial charge in [-0.25, -0.2) is 4.39 Å². The molecule has 0 saturated carbocycles. The fourth-order valence-electron chi connectivity index (χ4n) is 1.44. The maximum atomic E-state index is 13.7. The Labute approximate surface area is 104 Å². The molecule has 0 N–H and O–H groups in total. The second kappa shape index (κ2) is 4.96. The molecule has 0 aliphatic heterocycles. The molecule has 0 spiro atoms. The number of rotatable bonds is 3. The van der Waals surface area contributed by atoms with Gasteiger partial charge < -0.3 is 4.74 Å². The Kier molecular flexibility index (Phi) is 3.37. The number of aryl methyl sites for hydroxylation is 1. The van der Waals surface area contributed by atoms with E-state index in [-0.39, 0.29) is 11.5 Å². The topological polar surface area (TPSA) is 39.2 Å². The number of ketones is 1. The molecule has 1 aromatic heterocycles. The second-order valence-electron chi connectivity index (χ2n) is 3.94. The van der Waals surface area contributed by atoms with Gasteiger partial charge in [-0.05, 0) is 44.2 Å². The van der Waals surface area contributed by atoms with Gasteiger partial charge in [0.2, 0.25) is 0 Å². The first-order chi connectivity index (χ1) is 8.56. The van der Waals surface area contributed by atoms with Gasteiger partial charge >= 0.3 is 0 Å². The molecule has 0 atom stereocenters. The summed E-state index contributed by atoms with van der Waals surface area (Å²) >= 11 is 0. The molecular formula is C14H12FNO2. The Morgan fingerprint density at radius 1 is 1.28 bits per heavy atom. The number of Topliss-reactive ketones (excluding diaryl/α,β-unsaturated/α-hetero) is 1. The van der Waals surface area contributed by atoms with Crippen molar-refractivity contribution >= 4 is 5.78 Å². The molecule has 0 aliphatic carbocycles. The molecule has 4 heteroatoms. The number of pyridine rings is 1. The molecule has 2 aromatic rings. The number of benzene rings is 1. The average molecular weight is 245 g/mol. The number of halogens is 1. The van der Waals surface area contributed by atoms with Crippen LogP contribution in [-0.2, 0) is 0 Å². The van der Waals surface area contributed by atoms with E-state index < -0.39 is 5.82 Å². The molecule has 3 nitrogen and oxygen atoms in total. The lowest BCUT2D eigenvalue weighted by Crippen LogP contribution is -1.95. The lowest BCUT2D eigenvalue weighted by Gasteiger charge is -2.07. The van der Waals surface area contributed by atoms with E-state index >= 15 is 0 Å². The highest BCUT2D eigenvalue weighted by Crippen LogP contribution is 2.24. The van der Waals surface area contributed by atoms with Gasteiger partial charge in [0.25, 0.3) is 0 Å². The molecule has 0 aliphatic rings. The van der Waals surface area contributed by atoms with E-state index in [9.17, 15) is 9.18 Å². The number of carbonyl (C=O) groups is 1. The number of aromatic nitrogens is 1. The highest BCUT2D eigenvalue weighted by atomic mass is 19.1. The first kappa shape index (κ1) is 12.2. The van der Waals surface area contributed by atoms with E-state index in [0.29, 0.717) is 11.3 Å². The highest BCUT2D eigenvalue weighted by molar-refractivity contribution is 5.94. The molecule has 2 rings (SSSR count). The lowest BCUT2D eigenvalue weighted by molar-refractivity contribution is 0.101. The number of hydrogen-bond acceptors (Lipinski definition) is 3. The SMILES string of the molecule is CC(=O)c1ccc(Oc2ccc(C)nc2)c(F)c1. The summed E-state index contributed by atoms with van der Waals surface area (Å²) in [6.07, 6.45) is 1.52. The van der Waals surface area contributed by atoms with Crippen molar-refractivity contribution in [2.24, 2.45) is 0 Å². The first-order valence-corrected chi connectivity index (χ1v) is 5.47. The van der Waals surface area contributed by atoms with Crippen molar-refractivity contribution in [3.63, 3.8) is 0 Å². The van der Waals surface area contributed by atoms with E-state index in [2.05, 4.69) is 4.98 Å². The van der Waals surface area contributed by atoms with Crippen LogP contribution in [0.3, 0.4) is 0 Å². The molecular weight excluding hydrogens is 233 g/mol. The van der Waals surface area contributed by atoms with Crippen LogP contribution < -0.4 is 4.74 Å². The zero-order valence-electron chi connectivity index (χ0n) is 10.1. The molecule has 1 heterocycles. The van der Waals surface area contributed by atoms with Gasteiger partial charge in [0.15, 0.2) is 17.3 Å². The molecule has 0 unspecified atom stereocenters. The molecule has 18 heavy (non-hydrogen) atoms. The Bertz CT molecular complexity index is 579. The summed E-state index contributed by atoms with van der Waals surface area (Å²) < 4.78 is 19.0. The molecule has 92 valence electrons. The standard InChI is InChI=1S/C14H12FNO2/c1-9-3-5-12(8-16-9)18-14-6-4-11(10(2)17)7-13(14)15/h3-8H,1-2H3. The molecule has 0 bridgehead atoms. The second-order valence-corrected chi connectivity index (χ2v) is 3.94. The van der Waals surface area contributed by atoms with E-state index in [0.717, 1.165) is 5.69 Å². The van der Waals surface area contributed by atoms with Gasteiger partial charge in [-0.2, -0.15) is 0 Å². The first-order valence-electron chi connectivity index (χ1n) is 5.47. The Morgan fingerprint density at radius 3 is 2.61 bits per heavy atom. The van der Waals surface area contributed by atoms with Crippen molar-refractivity contribution in [3.05, 3.63) is 53.6 Å². The van der Waals surface area contributed by atoms with Crippen molar-refractivity contribution in [1.82, 2.24) is 4.98 Å². The van der Waals surface area contributed by atoms with Gasteiger partial charge in [-0.1, -0.05) is 0 Å². The minimum absolute atomic E-state index is 0.0747. The van der Waals surface area contributed by atoms with E-state index in [1.807, 2.05) is 6.92 Å². The monoisotopic (exact) mass is 245 g/mol. The van der Waals surface area contributed by atoms with Gasteiger partial charge in [0, 0.05) is 11.3 Å². The van der Waals surface area contributed by atoms with Crippen LogP contribution in [0, 0.1) is 12.7 Å². The number of carbonyl (C=O) groups excluding carboxylic acids is 1. The van der Waals surface area contributed by atoms with Gasteiger partial charge in [0.05, 0.1) is 6.20 Å². The quantitative estimate of drug-likeness (QED) is 0.776. The summed E-state index contributed by atoms with van der Waals surface area (Å²) in [5, 5.41) is 0. The fourth-order valence-corrected chi connectivity index (χ4v) is 1.44. The van der Waals surface area contributed by atoms with Crippen molar-refractivity contribution in [1.29, 1.82) is 0 Å². The van der Waals surface area contributed by atoms with Gasteiger partial charge in [-0.3, -0.25) is 9.78 Å². The zero-order valence-corrected chi connectivity index (χ0v) is 10.1. The predicted molar refractivity (Wildman–Crippen MR) is 65.5 cm³/mol. The summed E-state index contributed by atoms with van der Waals surface area (Å²) in [6, 6.07) is 7.62. The fraction of sp³-hybridized carbons (Fsp3) is 0.143. The van der Waals surface area contributed by atoms with Crippen molar-refractivity contribution in [2.45, 2.75) is 13.8 Å². The van der Waals surface area contributed by atoms with E-state index in [1.54, 1.807) is 12.1 Å². The molecule has 0 radical (unpaired) electrons. The predicted octanol–water partition coefficient (Wildman–Crippen LogP) is 3.52. The Hall–Kier alpha value is -2.23. The summed E-state index contributed by atoms with van der Waals surface area (Å²) in [6.45, 7) is 3.24. The van der Waals surface area contributed by atoms with E-state index in [1.165, 1.54) is 31.3 Å². The van der Waals surface area contributed by atoms with Crippen molar-refractivity contribution in [3.8, 4) is 11.5 Å². The van der Waals surface area contributed by atoms with Crippen LogP contribution in [0.25, 0.3) is 0 Å². The maximum Gasteiger partial charge on any atom is 0.166 e. The van der Waals surface area contributed by atoms with Crippen LogP contribution in [0.5, 0.6) is 11.5 Å². The number of ether oxygens (including phenoxy) is 1. The average Bonchev–Trinajstić information content (AvgIpc) is 2.34. The summed E-state index contributed by atoms with van der Waals surface area (Å²) in [5.41, 5.74) is 1.18. The summed E-state index contributed by atoms with van der Waals surface area (Å²) in [7, 11) is 0. The third-order valence-electron chi connectivity index (χ3n) is 2.45. The van der Waals surface area contributed by atoms with Crippen LogP contribution in [-0.4, -0.2) is 10.8 Å². The third kappa shape index (κ3) is 2.71. The third-order valence-corrected chi connectivity index (χ3v) is 2.45. The molecule has 0 saturated heterocycles. The molecule has 0 amide bonds. The lowest BCUT2D eigenvalue weighted by atomic mass is 10.1. The van der Waals surface area contributed by atoms with Gasteiger partial charge in [0.1, 0.15) is 5.75 Å². The van der Waals surface area contributed by atoms with Crippen LogP contribution in [0.2, 0.25) is 0 Å². The van der Waals surface area contributed by atoms with Crippen molar-refractivity contribution < 1.29 is 13.9 Å². The zero-order chi connectivity index (χ0) is 13.1. The maximum absolute atomic E-state index is 13.7. The van der Waals surface area contributed by atoms with Crippen LogP contribution in [0.4, 0.5) is 4.39 Å². The van der Waals surface area contributed by atoms with Crippen LogP contribution in [0.15, 0.2) is 36.5 Å². The molecule has 0 fully saturated rings. The summed E-state index contributed by atoms with van der Waals surface area (Å²) in [4.78, 5) is 15.1. The van der Waals surface area contributed by atoms with E-state index in [4.69, 9.17) is 4.74 Å². The number of hydrogen-bond donors (Lipinski definition) is 0. The van der Waals surface area contributed by atoms with Gasteiger partial charge in [-0.15, -0.1) is 0 Å². The molecule has 1 aromatic carbocycles. The van der Waals surface area contributed by atoms with Crippen LogP contribution >= 0.6 is 0 Å². The Morgan fingerprint density at radius 2 is 2.06 bits per heavy atom. The Balaban J connectivity index is 2.24. The minimum atomic E-state index is -0.566. The highest BCUT2D eigenvalue weighted by Gasteiger charge is 2.08. The number of nitrogens with zero attached hydrogens (tertiary/aromatic N) is 1. The van der Waals surface area contributed by atoms with Crippen molar-refractivity contribution in [2.75, 3.05) is 0 Å². The largest absolute Gasteiger partial charge is 0.453 e.